The van der Waals surface area contributed by atoms with Crippen LogP contribution in [0.2, 0.25) is 0 Å². The van der Waals surface area contributed by atoms with E-state index in [1.807, 2.05) is 0 Å². The number of carbonyl (C=O) groups excluding carboxylic acids is 1. The molecule has 10 heteroatoms. The number of nitrogens with one attached hydrogen (secondary N) is 1. The number of rotatable bonds is 6. The molecular formula is C21H21F5N4O. The van der Waals surface area contributed by atoms with Crippen molar-refractivity contribution in [1.29, 1.82) is 0 Å². The van der Waals surface area contributed by atoms with E-state index in [2.05, 4.69) is 10.4 Å². The first-order valence-electron chi connectivity index (χ1n) is 10.3. The highest BCUT2D eigenvalue weighted by molar-refractivity contribution is 5.94. The van der Waals surface area contributed by atoms with Crippen molar-refractivity contribution in [3.8, 4) is 5.69 Å². The third-order valence-corrected chi connectivity index (χ3v) is 6.41. The van der Waals surface area contributed by atoms with Gasteiger partial charge in [-0.3, -0.25) is 4.79 Å². The van der Waals surface area contributed by atoms with Crippen LogP contribution < -0.4 is 5.32 Å². The van der Waals surface area contributed by atoms with E-state index in [1.165, 1.54) is 10.7 Å². The van der Waals surface area contributed by atoms with Crippen LogP contribution in [0, 0.1) is 23.5 Å². The quantitative estimate of drug-likeness (QED) is 0.701. The second-order valence-electron chi connectivity index (χ2n) is 8.73. The zero-order valence-electron chi connectivity index (χ0n) is 16.6. The monoisotopic (exact) mass is 440 g/mol. The van der Waals surface area contributed by atoms with Gasteiger partial charge in [-0.15, -0.1) is 0 Å². The van der Waals surface area contributed by atoms with Gasteiger partial charge in [0.1, 0.15) is 11.5 Å². The molecule has 2 heterocycles. The smallest absolute Gasteiger partial charge is 0.350 e. The predicted molar refractivity (Wildman–Crippen MR) is 101 cm³/mol. The van der Waals surface area contributed by atoms with Crippen LogP contribution in [0.1, 0.15) is 40.5 Å². The van der Waals surface area contributed by atoms with Crippen molar-refractivity contribution in [2.75, 3.05) is 26.2 Å². The molecule has 2 fully saturated rings. The molecule has 3 aliphatic rings. The molecule has 1 aliphatic heterocycles. The number of fused-ring (bicyclic) bond motifs is 3. The number of carbonyl (C=O) groups is 1. The van der Waals surface area contributed by atoms with Crippen LogP contribution >= 0.6 is 0 Å². The molecule has 31 heavy (non-hydrogen) atoms. The lowest BCUT2D eigenvalue weighted by molar-refractivity contribution is -0.141. The third-order valence-electron chi connectivity index (χ3n) is 6.41. The van der Waals surface area contributed by atoms with Gasteiger partial charge >= 0.3 is 6.18 Å². The minimum atomic E-state index is -4.16. The molecule has 1 aromatic heterocycles. The lowest BCUT2D eigenvalue weighted by atomic mass is 9.99. The molecule has 2 aromatic rings. The Labute approximate surface area is 175 Å². The molecule has 0 unspecified atom stereocenters. The molecule has 1 saturated carbocycles. The second-order valence-corrected chi connectivity index (χ2v) is 8.73. The fraction of sp³-hybridized carbons (Fsp3) is 0.524. The largest absolute Gasteiger partial charge is 0.390 e. The molecule has 0 spiro atoms. The maximum Gasteiger partial charge on any atom is 0.390 e. The highest BCUT2D eigenvalue weighted by atomic mass is 19.4. The number of amides is 1. The first-order chi connectivity index (χ1) is 14.7. The molecule has 2 aliphatic carbocycles. The zero-order valence-corrected chi connectivity index (χ0v) is 16.6. The fourth-order valence-corrected chi connectivity index (χ4v) is 4.73. The minimum Gasteiger partial charge on any atom is -0.350 e. The molecule has 5 nitrogen and oxygen atoms in total. The standard InChI is InChI=1S/C21H21F5N4O/c22-13-1-2-17(16(23)7-13)30-19-14-5-12(14)6-15(19)18(28-30)20(31)27-8-11-9-29(10-11)4-3-21(24,25)26/h1-2,7,11-12,14H,3-6,8-10H2,(H,27,31)/t12-,14-/m1/s1. The fourth-order valence-electron chi connectivity index (χ4n) is 4.73. The van der Waals surface area contributed by atoms with Gasteiger partial charge in [0.15, 0.2) is 11.5 Å². The summed E-state index contributed by atoms with van der Waals surface area (Å²) in [5, 5.41) is 7.19. The molecule has 5 rings (SSSR count). The highest BCUT2D eigenvalue weighted by Gasteiger charge is 2.50. The SMILES string of the molecule is O=C(NCC1CN(CCC(F)(F)F)C1)c1nn(-c2ccc(F)cc2F)c2c1C[C@H]1C[C@@H]21. The van der Waals surface area contributed by atoms with E-state index in [0.717, 1.165) is 29.8 Å². The Morgan fingerprint density at radius 1 is 1.23 bits per heavy atom. The van der Waals surface area contributed by atoms with Gasteiger partial charge in [0, 0.05) is 49.6 Å². The minimum absolute atomic E-state index is 0.0299. The molecule has 2 atom stereocenters. The van der Waals surface area contributed by atoms with Gasteiger partial charge in [-0.1, -0.05) is 0 Å². The Hall–Kier alpha value is -2.49. The topological polar surface area (TPSA) is 50.2 Å². The van der Waals surface area contributed by atoms with Crippen molar-refractivity contribution >= 4 is 5.91 Å². The van der Waals surface area contributed by atoms with E-state index in [0.29, 0.717) is 32.0 Å². The predicted octanol–water partition coefficient (Wildman–Crippen LogP) is 3.42. The summed E-state index contributed by atoms with van der Waals surface area (Å²) in [5.41, 5.74) is 1.99. The Balaban J connectivity index is 1.25. The summed E-state index contributed by atoms with van der Waals surface area (Å²) in [6, 6.07) is 3.27. The van der Waals surface area contributed by atoms with Crippen LogP contribution in [0.3, 0.4) is 0 Å². The van der Waals surface area contributed by atoms with Gasteiger partial charge in [-0.2, -0.15) is 18.3 Å². The van der Waals surface area contributed by atoms with Crippen molar-refractivity contribution in [1.82, 2.24) is 20.0 Å². The van der Waals surface area contributed by atoms with Gasteiger partial charge in [0.25, 0.3) is 5.91 Å². The third kappa shape index (κ3) is 3.93. The van der Waals surface area contributed by atoms with Crippen molar-refractivity contribution < 1.29 is 26.7 Å². The summed E-state index contributed by atoms with van der Waals surface area (Å²) in [6.07, 6.45) is -3.32. The van der Waals surface area contributed by atoms with Crippen molar-refractivity contribution in [3.05, 3.63) is 46.8 Å². The van der Waals surface area contributed by atoms with Crippen molar-refractivity contribution in [2.24, 2.45) is 11.8 Å². The second kappa shape index (κ2) is 7.29. The van der Waals surface area contributed by atoms with Crippen LogP contribution in [0.25, 0.3) is 5.69 Å². The van der Waals surface area contributed by atoms with Crippen LogP contribution in [0.15, 0.2) is 18.2 Å². The number of aromatic nitrogens is 2. The van der Waals surface area contributed by atoms with Crippen molar-refractivity contribution in [2.45, 2.75) is 31.4 Å². The molecule has 1 N–H and O–H groups in total. The normalized spacial score (nSPS) is 22.7. The van der Waals surface area contributed by atoms with Gasteiger partial charge < -0.3 is 10.2 Å². The Kier molecular flexibility index (Phi) is 4.80. The van der Waals surface area contributed by atoms with Gasteiger partial charge in [-0.05, 0) is 30.9 Å². The Bertz CT molecular complexity index is 1030. The number of benzene rings is 1. The summed E-state index contributed by atoms with van der Waals surface area (Å²) < 4.78 is 66.0. The molecule has 0 bridgehead atoms. The van der Waals surface area contributed by atoms with E-state index in [-0.39, 0.29) is 35.7 Å². The number of halogens is 5. The van der Waals surface area contributed by atoms with Gasteiger partial charge in [-0.25, -0.2) is 13.5 Å². The average Bonchev–Trinajstić information content (AvgIpc) is 3.15. The summed E-state index contributed by atoms with van der Waals surface area (Å²) in [6.45, 7) is 1.33. The number of nitrogens with zero attached hydrogens (tertiary/aromatic N) is 3. The first-order valence-corrected chi connectivity index (χ1v) is 10.3. The summed E-state index contributed by atoms with van der Waals surface area (Å²) >= 11 is 0. The van der Waals surface area contributed by atoms with E-state index < -0.39 is 24.2 Å². The number of hydrogen-bond acceptors (Lipinski definition) is 3. The summed E-state index contributed by atoms with van der Waals surface area (Å²) in [4.78, 5) is 14.5. The maximum absolute atomic E-state index is 14.4. The van der Waals surface area contributed by atoms with E-state index in [4.69, 9.17) is 0 Å². The average molecular weight is 440 g/mol. The molecule has 1 saturated heterocycles. The van der Waals surface area contributed by atoms with E-state index >= 15 is 0 Å². The summed E-state index contributed by atoms with van der Waals surface area (Å²) in [5.74, 6) is -1.03. The van der Waals surface area contributed by atoms with Crippen LogP contribution in [-0.2, 0) is 6.42 Å². The first kappa shape index (κ1) is 20.4. The van der Waals surface area contributed by atoms with Crippen LogP contribution in [0.4, 0.5) is 22.0 Å². The lowest BCUT2D eigenvalue weighted by Crippen LogP contribution is -2.52. The van der Waals surface area contributed by atoms with E-state index in [9.17, 15) is 26.7 Å². The van der Waals surface area contributed by atoms with Gasteiger partial charge in [0.2, 0.25) is 0 Å². The number of alkyl halides is 3. The highest BCUT2D eigenvalue weighted by Crippen LogP contribution is 2.57. The Morgan fingerprint density at radius 3 is 2.71 bits per heavy atom. The summed E-state index contributed by atoms with van der Waals surface area (Å²) in [7, 11) is 0. The van der Waals surface area contributed by atoms with E-state index in [1.54, 1.807) is 4.90 Å². The zero-order chi connectivity index (χ0) is 21.9. The van der Waals surface area contributed by atoms with Crippen molar-refractivity contribution in [3.63, 3.8) is 0 Å². The Morgan fingerprint density at radius 2 is 2.00 bits per heavy atom. The molecule has 0 radical (unpaired) electrons. The molecule has 1 aromatic carbocycles. The maximum atomic E-state index is 14.4. The molecular weight excluding hydrogens is 419 g/mol. The van der Waals surface area contributed by atoms with Crippen LogP contribution in [-0.4, -0.2) is 52.9 Å². The van der Waals surface area contributed by atoms with Gasteiger partial charge in [0.05, 0.1) is 12.1 Å². The molecule has 1 amide bonds. The lowest BCUT2D eigenvalue weighted by Gasteiger charge is -2.39. The van der Waals surface area contributed by atoms with Crippen LogP contribution in [0.5, 0.6) is 0 Å². The number of likely N-dealkylation sites (tertiary alicyclic amines) is 1. The molecule has 166 valence electrons. The number of hydrogen-bond donors (Lipinski definition) is 1.